The van der Waals surface area contributed by atoms with Gasteiger partial charge in [0.1, 0.15) is 30.5 Å². The number of hydrogen-bond acceptors (Lipinski definition) is 9. The maximum Gasteiger partial charge on any atom is 0.338 e. The van der Waals surface area contributed by atoms with Crippen LogP contribution in [0.4, 0.5) is 0 Å². The van der Waals surface area contributed by atoms with Gasteiger partial charge in [-0.2, -0.15) is 0 Å². The largest absolute Gasteiger partial charge is 0.458 e. The minimum Gasteiger partial charge on any atom is -0.458 e. The van der Waals surface area contributed by atoms with Gasteiger partial charge in [0, 0.05) is 19.4 Å². The van der Waals surface area contributed by atoms with Crippen LogP contribution in [0.25, 0.3) is 0 Å². The summed E-state index contributed by atoms with van der Waals surface area (Å²) in [5.74, 6) is -0.517. The lowest BCUT2D eigenvalue weighted by atomic mass is 9.87. The molecule has 2 unspecified atom stereocenters. The summed E-state index contributed by atoms with van der Waals surface area (Å²) in [5.41, 5.74) is 0.464. The van der Waals surface area contributed by atoms with E-state index in [0.717, 1.165) is 37.4 Å². The predicted octanol–water partition coefficient (Wildman–Crippen LogP) is 14.3. The Morgan fingerprint density at radius 2 is 1.34 bits per heavy atom. The standard InChI is InChI=1S/C51H91BrO9Si4/c1-20-65(21-2,22-3)55-35-34-40-31-33-42-44(56-40)46(60-63(16,17)50(8,9)10)47(61-64(18,19)51(11,12)13)45(58-42)43(59-62(14,15)49(5,6)7)32-29-39(53)28-30-41(36-37(4)52)57-48(54)38-26-24-23-25-27-38/h23-27,29,32,40-47H,4,20-22,28,30-31,33-36H2,1-3,5-19H3/b32-29+/t40-,41?,42+,43?,44+,45+,46+,47-/m1/s1. The second-order valence-corrected chi connectivity index (χ2v) is 43.5. The number of allylic oxidation sites excluding steroid dienone is 1. The van der Waals surface area contributed by atoms with E-state index in [1.165, 1.54) is 0 Å². The maximum atomic E-state index is 14.0. The number of carbonyl (C=O) groups is 2. The van der Waals surface area contributed by atoms with Gasteiger partial charge in [-0.15, -0.1) is 0 Å². The molecule has 1 aromatic rings. The lowest BCUT2D eigenvalue weighted by Crippen LogP contribution is -2.69. The molecular weight excluding hydrogens is 949 g/mol. The monoisotopic (exact) mass is 1040 g/mol. The Kier molecular flexibility index (Phi) is 21.2. The molecule has 0 aliphatic carbocycles. The van der Waals surface area contributed by atoms with E-state index in [9.17, 15) is 9.59 Å². The van der Waals surface area contributed by atoms with Crippen LogP contribution in [0.2, 0.25) is 72.5 Å². The Hall–Kier alpha value is -1.05. The number of hydrogen-bond donors (Lipinski definition) is 0. The van der Waals surface area contributed by atoms with Crippen LogP contribution in [0, 0.1) is 0 Å². The van der Waals surface area contributed by atoms with Gasteiger partial charge in [0.25, 0.3) is 0 Å². The van der Waals surface area contributed by atoms with E-state index in [-0.39, 0.29) is 45.6 Å². The number of esters is 1. The number of benzene rings is 1. The van der Waals surface area contributed by atoms with E-state index in [2.05, 4.69) is 145 Å². The van der Waals surface area contributed by atoms with Gasteiger partial charge in [0.05, 0.1) is 23.9 Å². The third kappa shape index (κ3) is 16.3. The summed E-state index contributed by atoms with van der Waals surface area (Å²) < 4.78 is 50.6. The van der Waals surface area contributed by atoms with Gasteiger partial charge < -0.3 is 31.9 Å². The first-order valence-electron chi connectivity index (χ1n) is 24.6. The highest BCUT2D eigenvalue weighted by Crippen LogP contribution is 2.47. The first-order valence-corrected chi connectivity index (χ1v) is 36.7. The predicted molar refractivity (Wildman–Crippen MR) is 282 cm³/mol. The zero-order valence-corrected chi connectivity index (χ0v) is 49.6. The van der Waals surface area contributed by atoms with E-state index < -0.39 is 69.8 Å². The lowest BCUT2D eigenvalue weighted by Gasteiger charge is -2.56. The summed E-state index contributed by atoms with van der Waals surface area (Å²) in [5, 5.41) is -0.315. The number of halogens is 1. The van der Waals surface area contributed by atoms with Crippen molar-refractivity contribution in [3.63, 3.8) is 0 Å². The topological polar surface area (TPSA) is 98.8 Å². The molecule has 2 aliphatic rings. The molecule has 0 saturated carbocycles. The fraction of sp³-hybridized carbons (Fsp3) is 0.765. The molecule has 372 valence electrons. The Balaban J connectivity index is 2.12. The molecular formula is C51H91BrO9Si4. The lowest BCUT2D eigenvalue weighted by molar-refractivity contribution is -0.267. The van der Waals surface area contributed by atoms with Gasteiger partial charge in [-0.1, -0.05) is 130 Å². The molecule has 65 heavy (non-hydrogen) atoms. The van der Waals surface area contributed by atoms with Gasteiger partial charge in [0.15, 0.2) is 39.1 Å². The zero-order valence-electron chi connectivity index (χ0n) is 44.0. The van der Waals surface area contributed by atoms with Gasteiger partial charge in [-0.25, -0.2) is 4.79 Å². The summed E-state index contributed by atoms with van der Waals surface area (Å²) in [6.07, 6.45) is 3.69. The van der Waals surface area contributed by atoms with Crippen molar-refractivity contribution >= 4 is 61.0 Å². The highest BCUT2D eigenvalue weighted by atomic mass is 79.9. The summed E-state index contributed by atoms with van der Waals surface area (Å²) in [4.78, 5) is 27.1. The van der Waals surface area contributed by atoms with Crippen molar-refractivity contribution in [1.29, 1.82) is 0 Å². The van der Waals surface area contributed by atoms with Crippen LogP contribution in [-0.4, -0.2) is 100 Å². The smallest absolute Gasteiger partial charge is 0.338 e. The fourth-order valence-electron chi connectivity index (χ4n) is 7.79. The minimum atomic E-state index is -2.49. The molecule has 14 heteroatoms. The van der Waals surface area contributed by atoms with E-state index in [0.29, 0.717) is 29.5 Å². The van der Waals surface area contributed by atoms with E-state index in [1.807, 2.05) is 12.1 Å². The normalized spacial score (nSPS) is 23.8. The minimum absolute atomic E-state index is 0.0157. The van der Waals surface area contributed by atoms with Gasteiger partial charge in [-0.3, -0.25) is 4.79 Å². The molecule has 0 bridgehead atoms. The van der Waals surface area contributed by atoms with Crippen LogP contribution >= 0.6 is 15.9 Å². The number of rotatable bonds is 23. The quantitative estimate of drug-likeness (QED) is 0.0603. The average Bonchev–Trinajstić information content (AvgIpc) is 3.19. The molecule has 2 aliphatic heterocycles. The molecule has 0 radical (unpaired) electrons. The van der Waals surface area contributed by atoms with Gasteiger partial charge in [0.2, 0.25) is 0 Å². The van der Waals surface area contributed by atoms with Crippen LogP contribution < -0.4 is 0 Å². The molecule has 1 aromatic carbocycles. The van der Waals surface area contributed by atoms with E-state index in [1.54, 1.807) is 30.3 Å². The van der Waals surface area contributed by atoms with Crippen LogP contribution in [0.1, 0.15) is 132 Å². The molecule has 2 saturated heterocycles. The molecule has 0 spiro atoms. The van der Waals surface area contributed by atoms with Crippen LogP contribution in [0.3, 0.4) is 0 Å². The molecule has 9 nitrogen and oxygen atoms in total. The summed E-state index contributed by atoms with van der Waals surface area (Å²) >= 11 is 3.45. The number of carbonyl (C=O) groups excluding carboxylic acids is 2. The third-order valence-electron chi connectivity index (χ3n) is 15.5. The Morgan fingerprint density at radius 1 is 0.800 bits per heavy atom. The van der Waals surface area contributed by atoms with Crippen molar-refractivity contribution in [3.8, 4) is 0 Å². The second kappa shape index (κ2) is 23.7. The highest BCUT2D eigenvalue weighted by molar-refractivity contribution is 9.11. The SMILES string of the molecule is C=C(Br)CC(CCC(=O)/C=C/C(O[Si](C)(C)C(C)(C)C)[C@@H]1O[C@H]2CC[C@H](CCO[Si](CC)(CC)CC)O[C@@H]2[C@H](O[Si](C)(C)C(C)(C)C)[C@@H]1O[Si](C)(C)C(C)(C)C)OC(=O)c1ccccc1. The van der Waals surface area contributed by atoms with E-state index in [4.69, 9.17) is 31.9 Å². The van der Waals surface area contributed by atoms with Crippen molar-refractivity contribution in [3.05, 3.63) is 59.1 Å². The van der Waals surface area contributed by atoms with Crippen molar-refractivity contribution in [2.45, 2.75) is 243 Å². The van der Waals surface area contributed by atoms with Gasteiger partial charge in [-0.05, 0) is 121 Å². The first-order chi connectivity index (χ1) is 29.8. The molecule has 3 rings (SSSR count). The zero-order chi connectivity index (χ0) is 49.4. The van der Waals surface area contributed by atoms with Crippen molar-refractivity contribution in [2.75, 3.05) is 6.61 Å². The first kappa shape index (κ1) is 58.3. The van der Waals surface area contributed by atoms with Crippen LogP contribution in [-0.2, 0) is 36.7 Å². The molecule has 0 N–H and O–H groups in total. The number of fused-ring (bicyclic) bond motifs is 1. The number of ether oxygens (including phenoxy) is 3. The van der Waals surface area contributed by atoms with Gasteiger partial charge >= 0.3 is 5.97 Å². The Morgan fingerprint density at radius 3 is 1.85 bits per heavy atom. The highest BCUT2D eigenvalue weighted by Gasteiger charge is 2.58. The van der Waals surface area contributed by atoms with Crippen molar-refractivity contribution in [1.82, 2.24) is 0 Å². The molecule has 2 fully saturated rings. The summed E-state index contributed by atoms with van der Waals surface area (Å²) in [6.45, 7) is 45.6. The summed E-state index contributed by atoms with van der Waals surface area (Å²) in [6, 6.07) is 12.3. The summed E-state index contributed by atoms with van der Waals surface area (Å²) in [7, 11) is -9.15. The van der Waals surface area contributed by atoms with Crippen LogP contribution in [0.15, 0.2) is 53.5 Å². The van der Waals surface area contributed by atoms with E-state index >= 15 is 0 Å². The Bertz CT molecular complexity index is 1700. The molecule has 0 amide bonds. The maximum absolute atomic E-state index is 14.0. The van der Waals surface area contributed by atoms with Crippen molar-refractivity contribution in [2.24, 2.45) is 0 Å². The number of ketones is 1. The van der Waals surface area contributed by atoms with Crippen molar-refractivity contribution < 1.29 is 41.5 Å². The second-order valence-electron chi connectivity index (χ2n) is 23.3. The molecule has 8 atom stereocenters. The Labute approximate surface area is 408 Å². The fourth-order valence-corrected chi connectivity index (χ4v) is 14.7. The average molecular weight is 1040 g/mol. The molecule has 2 heterocycles. The molecule has 0 aromatic heterocycles. The third-order valence-corrected chi connectivity index (χ3v) is 34.0. The van der Waals surface area contributed by atoms with Crippen LogP contribution in [0.5, 0.6) is 0 Å².